The fourth-order valence-electron chi connectivity index (χ4n) is 3.96. The number of nitrogens with zero attached hydrogens (tertiary/aromatic N) is 2. The molecule has 39 heavy (non-hydrogen) atoms. The minimum absolute atomic E-state index is 0.0377. The summed E-state index contributed by atoms with van der Waals surface area (Å²) in [5.74, 6) is 0.581. The van der Waals surface area contributed by atoms with Crippen LogP contribution >= 0.6 is 23.4 Å². The first kappa shape index (κ1) is 30.6. The molecule has 0 aliphatic rings. The number of likely N-dealkylation sites (N-methyl/N-ethyl adjacent to an activating group) is 1. The SMILES string of the molecule is CSCCNc1cc(-c2ccccc2Cl)c(N(C)C(=O)C(C)(C)c2cc(C(F)(F)F)cc(C(F)(F)F)c2)cn1. The molecule has 1 heterocycles. The van der Waals surface area contributed by atoms with Crippen LogP contribution < -0.4 is 10.2 Å². The Bertz CT molecular complexity index is 1310. The van der Waals surface area contributed by atoms with E-state index in [4.69, 9.17) is 11.6 Å². The molecule has 1 amide bonds. The van der Waals surface area contributed by atoms with Crippen molar-refractivity contribution >= 4 is 40.8 Å². The molecule has 0 fully saturated rings. The van der Waals surface area contributed by atoms with Crippen LogP contribution in [-0.4, -0.2) is 36.5 Å². The first-order valence-electron chi connectivity index (χ1n) is 11.6. The number of halogens is 7. The number of rotatable bonds is 8. The summed E-state index contributed by atoms with van der Waals surface area (Å²) in [6, 6.07) is 9.76. The number of amides is 1. The predicted octanol–water partition coefficient (Wildman–Crippen LogP) is 8.16. The lowest BCUT2D eigenvalue weighted by atomic mass is 9.81. The van der Waals surface area contributed by atoms with Crippen molar-refractivity contribution < 1.29 is 31.1 Å². The molecular formula is C27H26ClF6N3OS. The Morgan fingerprint density at radius 2 is 1.51 bits per heavy atom. The van der Waals surface area contributed by atoms with Gasteiger partial charge in [0.15, 0.2) is 0 Å². The van der Waals surface area contributed by atoms with Crippen LogP contribution in [0.5, 0.6) is 0 Å². The maximum Gasteiger partial charge on any atom is 0.416 e. The first-order valence-corrected chi connectivity index (χ1v) is 13.4. The molecule has 0 unspecified atom stereocenters. The topological polar surface area (TPSA) is 45.2 Å². The second-order valence-electron chi connectivity index (χ2n) is 9.27. The van der Waals surface area contributed by atoms with Crippen molar-refractivity contribution in [1.82, 2.24) is 4.98 Å². The van der Waals surface area contributed by atoms with Gasteiger partial charge in [-0.1, -0.05) is 29.8 Å². The third kappa shape index (κ3) is 7.00. The number of nitrogens with one attached hydrogen (secondary N) is 1. The van der Waals surface area contributed by atoms with Gasteiger partial charge in [0, 0.05) is 35.5 Å². The molecule has 1 aromatic heterocycles. The third-order valence-electron chi connectivity index (χ3n) is 6.17. The van der Waals surface area contributed by atoms with Gasteiger partial charge in [-0.05, 0) is 56.0 Å². The van der Waals surface area contributed by atoms with E-state index in [2.05, 4.69) is 10.3 Å². The van der Waals surface area contributed by atoms with Crippen molar-refractivity contribution in [2.75, 3.05) is 35.8 Å². The molecule has 0 atom stereocenters. The zero-order valence-corrected chi connectivity index (χ0v) is 23.0. The van der Waals surface area contributed by atoms with Gasteiger partial charge in [-0.3, -0.25) is 4.79 Å². The van der Waals surface area contributed by atoms with Gasteiger partial charge < -0.3 is 10.2 Å². The number of carbonyl (C=O) groups is 1. The molecule has 1 N–H and O–H groups in total. The molecule has 2 aromatic carbocycles. The van der Waals surface area contributed by atoms with Crippen LogP contribution in [0.15, 0.2) is 54.7 Å². The molecule has 3 rings (SSSR count). The maximum absolute atomic E-state index is 13.7. The van der Waals surface area contributed by atoms with Crippen LogP contribution in [0.25, 0.3) is 11.1 Å². The Morgan fingerprint density at radius 1 is 0.949 bits per heavy atom. The number of pyridine rings is 1. The number of carbonyl (C=O) groups excluding carboxylic acids is 1. The average Bonchev–Trinajstić information content (AvgIpc) is 2.87. The van der Waals surface area contributed by atoms with Gasteiger partial charge >= 0.3 is 12.4 Å². The maximum atomic E-state index is 13.7. The molecule has 0 radical (unpaired) electrons. The number of anilines is 2. The van der Waals surface area contributed by atoms with Gasteiger partial charge in [0.2, 0.25) is 5.91 Å². The zero-order chi connectivity index (χ0) is 29.2. The first-order chi connectivity index (χ1) is 18.1. The normalized spacial score (nSPS) is 12.4. The monoisotopic (exact) mass is 589 g/mol. The van der Waals surface area contributed by atoms with Crippen LogP contribution in [0.3, 0.4) is 0 Å². The standard InChI is InChI=1S/C27H26ClF6N3OS/c1-25(2,16-11-17(26(29,30)31)13-18(12-16)27(32,33)34)24(38)37(3)22-15-36-23(35-9-10-39-4)14-20(22)19-7-5-6-8-21(19)28/h5-8,11-15H,9-10H2,1-4H3,(H,35,36). The summed E-state index contributed by atoms with van der Waals surface area (Å²) in [6.45, 7) is 3.18. The molecule has 0 saturated carbocycles. The van der Waals surface area contributed by atoms with E-state index >= 15 is 0 Å². The molecule has 12 heteroatoms. The van der Waals surface area contributed by atoms with E-state index in [9.17, 15) is 31.1 Å². The highest BCUT2D eigenvalue weighted by Crippen LogP contribution is 2.41. The summed E-state index contributed by atoms with van der Waals surface area (Å²) in [5.41, 5.74) is -3.83. The molecule has 0 spiro atoms. The Balaban J connectivity index is 2.11. The molecule has 3 aromatic rings. The van der Waals surface area contributed by atoms with E-state index in [0.717, 1.165) is 5.75 Å². The van der Waals surface area contributed by atoms with Gasteiger partial charge in [-0.25, -0.2) is 4.98 Å². The van der Waals surface area contributed by atoms with E-state index in [1.165, 1.54) is 32.0 Å². The number of hydrogen-bond acceptors (Lipinski definition) is 4. The molecule has 0 saturated heterocycles. The molecule has 210 valence electrons. The number of hydrogen-bond donors (Lipinski definition) is 1. The van der Waals surface area contributed by atoms with E-state index in [1.54, 1.807) is 42.1 Å². The van der Waals surface area contributed by atoms with Crippen molar-refractivity contribution in [3.05, 3.63) is 76.4 Å². The van der Waals surface area contributed by atoms with Gasteiger partial charge in [-0.2, -0.15) is 38.1 Å². The summed E-state index contributed by atoms with van der Waals surface area (Å²) < 4.78 is 80.9. The van der Waals surface area contributed by atoms with E-state index in [1.807, 2.05) is 6.26 Å². The highest BCUT2D eigenvalue weighted by atomic mass is 35.5. The van der Waals surface area contributed by atoms with Gasteiger partial charge in [0.05, 0.1) is 28.4 Å². The smallest absolute Gasteiger partial charge is 0.369 e. The Labute approximate surface area is 231 Å². The van der Waals surface area contributed by atoms with Gasteiger partial charge in [-0.15, -0.1) is 0 Å². The van der Waals surface area contributed by atoms with Gasteiger partial charge in [0.1, 0.15) is 5.82 Å². The minimum atomic E-state index is -5.04. The van der Waals surface area contributed by atoms with E-state index in [0.29, 0.717) is 40.6 Å². The van der Waals surface area contributed by atoms with Crippen molar-refractivity contribution in [1.29, 1.82) is 0 Å². The lowest BCUT2D eigenvalue weighted by molar-refractivity contribution is -0.143. The van der Waals surface area contributed by atoms with Crippen LogP contribution in [0, 0.1) is 0 Å². The van der Waals surface area contributed by atoms with Crippen molar-refractivity contribution in [2.24, 2.45) is 0 Å². The van der Waals surface area contributed by atoms with Gasteiger partial charge in [0.25, 0.3) is 0 Å². The quantitative estimate of drug-likeness (QED) is 0.213. The molecule has 4 nitrogen and oxygen atoms in total. The molecule has 0 aliphatic carbocycles. The summed E-state index contributed by atoms with van der Waals surface area (Å²) in [6.07, 6.45) is -6.71. The molecular weight excluding hydrogens is 564 g/mol. The second-order valence-corrected chi connectivity index (χ2v) is 10.7. The largest absolute Gasteiger partial charge is 0.416 e. The lowest BCUT2D eigenvalue weighted by Gasteiger charge is -2.32. The molecule has 0 bridgehead atoms. The number of thioether (sulfide) groups is 1. The second kappa shape index (κ2) is 11.7. The van der Waals surface area contributed by atoms with Crippen molar-refractivity contribution in [3.63, 3.8) is 0 Å². The van der Waals surface area contributed by atoms with Crippen LogP contribution in [0.4, 0.5) is 37.8 Å². The Hall–Kier alpha value is -2.92. The highest BCUT2D eigenvalue weighted by Gasteiger charge is 2.41. The van der Waals surface area contributed by atoms with Crippen LogP contribution in [0.1, 0.15) is 30.5 Å². The van der Waals surface area contributed by atoms with Crippen LogP contribution in [0.2, 0.25) is 5.02 Å². The summed E-state index contributed by atoms with van der Waals surface area (Å²) in [4.78, 5) is 19.3. The van der Waals surface area contributed by atoms with Crippen LogP contribution in [-0.2, 0) is 22.6 Å². The predicted molar refractivity (Wildman–Crippen MR) is 144 cm³/mol. The highest BCUT2D eigenvalue weighted by molar-refractivity contribution is 7.98. The Morgan fingerprint density at radius 3 is 2.05 bits per heavy atom. The lowest BCUT2D eigenvalue weighted by Crippen LogP contribution is -2.42. The number of alkyl halides is 6. The zero-order valence-electron chi connectivity index (χ0n) is 21.5. The number of benzene rings is 2. The fraction of sp³-hybridized carbons (Fsp3) is 0.333. The van der Waals surface area contributed by atoms with Crippen molar-refractivity contribution in [3.8, 4) is 11.1 Å². The Kier molecular flexibility index (Phi) is 9.16. The number of aromatic nitrogens is 1. The summed E-state index contributed by atoms with van der Waals surface area (Å²) in [7, 11) is 1.39. The fourth-order valence-corrected chi connectivity index (χ4v) is 4.50. The third-order valence-corrected chi connectivity index (χ3v) is 7.11. The van der Waals surface area contributed by atoms with E-state index in [-0.39, 0.29) is 11.8 Å². The summed E-state index contributed by atoms with van der Waals surface area (Å²) >= 11 is 8.08. The van der Waals surface area contributed by atoms with Crippen molar-refractivity contribution in [2.45, 2.75) is 31.6 Å². The summed E-state index contributed by atoms with van der Waals surface area (Å²) in [5, 5.41) is 3.56. The average molecular weight is 590 g/mol. The minimum Gasteiger partial charge on any atom is -0.369 e. The van der Waals surface area contributed by atoms with E-state index < -0.39 is 40.4 Å². The molecule has 0 aliphatic heterocycles.